The zero-order chi connectivity index (χ0) is 16.8. The third-order valence-electron chi connectivity index (χ3n) is 3.00. The van der Waals surface area contributed by atoms with Gasteiger partial charge in [0.2, 0.25) is 5.91 Å². The summed E-state index contributed by atoms with van der Waals surface area (Å²) in [7, 11) is 0. The molecule has 2 rings (SSSR count). The van der Waals surface area contributed by atoms with Crippen molar-refractivity contribution in [2.24, 2.45) is 0 Å². The minimum absolute atomic E-state index is 0.00356. The van der Waals surface area contributed by atoms with Crippen LogP contribution in [0.3, 0.4) is 0 Å². The van der Waals surface area contributed by atoms with Crippen molar-refractivity contribution in [1.29, 1.82) is 0 Å². The number of nitrogens with zero attached hydrogens (tertiary/aromatic N) is 2. The Morgan fingerprint density at radius 1 is 1.22 bits per heavy atom. The number of Topliss-reactive ketones (excluding diaryl/α,β-unsaturated/α-hetero) is 1. The van der Waals surface area contributed by atoms with E-state index in [4.69, 9.17) is 0 Å². The first-order valence-electron chi connectivity index (χ1n) is 6.69. The summed E-state index contributed by atoms with van der Waals surface area (Å²) in [5.41, 5.74) is 0.122. The predicted octanol–water partition coefficient (Wildman–Crippen LogP) is 2.30. The molecule has 0 saturated heterocycles. The zero-order valence-corrected chi connectivity index (χ0v) is 11.9. The van der Waals surface area contributed by atoms with Crippen molar-refractivity contribution in [3.63, 3.8) is 0 Å². The molecule has 1 aromatic carbocycles. The van der Waals surface area contributed by atoms with Gasteiger partial charge in [0.05, 0.1) is 11.0 Å². The van der Waals surface area contributed by atoms with Crippen LogP contribution in [-0.2, 0) is 4.79 Å². The highest BCUT2D eigenvalue weighted by Gasteiger charge is 2.14. The smallest absolute Gasteiger partial charge is 0.291 e. The van der Waals surface area contributed by atoms with Crippen LogP contribution in [-0.4, -0.2) is 26.7 Å². The molecule has 0 fully saturated rings. The van der Waals surface area contributed by atoms with E-state index in [0.717, 1.165) is 12.3 Å². The van der Waals surface area contributed by atoms with Crippen LogP contribution < -0.4 is 5.32 Å². The Morgan fingerprint density at radius 2 is 1.91 bits per heavy atom. The van der Waals surface area contributed by atoms with Crippen molar-refractivity contribution in [3.8, 4) is 5.75 Å². The number of nitro groups is 1. The van der Waals surface area contributed by atoms with Crippen LogP contribution in [0.5, 0.6) is 5.75 Å². The molecule has 0 radical (unpaired) electrons. The van der Waals surface area contributed by atoms with Crippen molar-refractivity contribution >= 4 is 23.2 Å². The number of nitrogens with one attached hydrogen (secondary N) is 1. The van der Waals surface area contributed by atoms with Gasteiger partial charge >= 0.3 is 0 Å². The number of benzene rings is 1. The molecule has 1 heterocycles. The van der Waals surface area contributed by atoms with Crippen LogP contribution >= 0.6 is 0 Å². The summed E-state index contributed by atoms with van der Waals surface area (Å²) in [6.07, 6.45) is 0.833. The second kappa shape index (κ2) is 7.12. The summed E-state index contributed by atoms with van der Waals surface area (Å²) in [6, 6.07) is 9.44. The van der Waals surface area contributed by atoms with Gasteiger partial charge in [0, 0.05) is 18.4 Å². The molecule has 0 bridgehead atoms. The van der Waals surface area contributed by atoms with E-state index in [9.17, 15) is 24.8 Å². The molecule has 0 aliphatic carbocycles. The molecule has 1 aromatic heterocycles. The molecule has 0 aliphatic heterocycles. The summed E-state index contributed by atoms with van der Waals surface area (Å²) in [5, 5.41) is 22.4. The number of pyridine rings is 1. The highest BCUT2D eigenvalue weighted by Crippen LogP contribution is 2.25. The van der Waals surface area contributed by atoms with E-state index in [0.29, 0.717) is 5.56 Å². The van der Waals surface area contributed by atoms with Crippen LogP contribution in [0.15, 0.2) is 42.6 Å². The molecule has 23 heavy (non-hydrogen) atoms. The van der Waals surface area contributed by atoms with Gasteiger partial charge in [-0.1, -0.05) is 30.3 Å². The summed E-state index contributed by atoms with van der Waals surface area (Å²) < 4.78 is 0. The lowest BCUT2D eigenvalue weighted by atomic mass is 10.1. The highest BCUT2D eigenvalue weighted by atomic mass is 16.6. The molecule has 118 valence electrons. The number of aromatic nitrogens is 1. The molecule has 2 aromatic rings. The largest absolute Gasteiger partial charge is 0.504 e. The highest BCUT2D eigenvalue weighted by molar-refractivity contribution is 6.00. The van der Waals surface area contributed by atoms with E-state index in [1.165, 1.54) is 0 Å². The van der Waals surface area contributed by atoms with Crippen LogP contribution in [0.2, 0.25) is 0 Å². The molecule has 1 amide bonds. The second-order valence-electron chi connectivity index (χ2n) is 4.66. The number of anilines is 1. The lowest BCUT2D eigenvalue weighted by Gasteiger charge is -2.06. The fourth-order valence-corrected chi connectivity index (χ4v) is 1.83. The number of aromatic hydroxyl groups is 1. The first kappa shape index (κ1) is 16.1. The quantitative estimate of drug-likeness (QED) is 0.479. The number of rotatable bonds is 6. The Balaban J connectivity index is 1.92. The molecular formula is C15H13N3O5. The van der Waals surface area contributed by atoms with Gasteiger partial charge in [-0.05, 0) is 0 Å². The molecule has 0 aliphatic rings. The molecule has 0 saturated carbocycles. The van der Waals surface area contributed by atoms with Gasteiger partial charge in [-0.25, -0.2) is 4.98 Å². The first-order valence-corrected chi connectivity index (χ1v) is 6.69. The Bertz CT molecular complexity index is 746. The standard InChI is InChI=1S/C15H13N3O5/c19-12(10-4-2-1-3-5-10)6-7-14(21)17-15-13(20)8-11(9-16-15)18(22)23/h1-5,8-9,20H,6-7H2,(H,16,17,21). The lowest BCUT2D eigenvalue weighted by Crippen LogP contribution is -2.14. The summed E-state index contributed by atoms with van der Waals surface area (Å²) >= 11 is 0. The molecule has 0 unspecified atom stereocenters. The summed E-state index contributed by atoms with van der Waals surface area (Å²) in [5.74, 6) is -1.40. The Kier molecular flexibility index (Phi) is 4.98. The average molecular weight is 315 g/mol. The number of carbonyl (C=O) groups is 2. The van der Waals surface area contributed by atoms with Crippen LogP contribution in [0.4, 0.5) is 11.5 Å². The SMILES string of the molecule is O=C(CCC(=O)c1ccccc1)Nc1ncc([N+](=O)[O-])cc1O. The molecule has 8 nitrogen and oxygen atoms in total. The second-order valence-corrected chi connectivity index (χ2v) is 4.66. The third kappa shape index (κ3) is 4.34. The number of hydrogen-bond acceptors (Lipinski definition) is 6. The van der Waals surface area contributed by atoms with Crippen molar-refractivity contribution in [3.05, 3.63) is 58.3 Å². The Morgan fingerprint density at radius 3 is 2.52 bits per heavy atom. The number of hydrogen-bond donors (Lipinski definition) is 2. The van der Waals surface area contributed by atoms with Gasteiger partial charge in [-0.2, -0.15) is 0 Å². The van der Waals surface area contributed by atoms with Gasteiger partial charge in [0.25, 0.3) is 5.69 Å². The van der Waals surface area contributed by atoms with E-state index in [2.05, 4.69) is 10.3 Å². The van der Waals surface area contributed by atoms with E-state index in [1.807, 2.05) is 0 Å². The molecule has 8 heteroatoms. The first-order chi connectivity index (χ1) is 11.0. The van der Waals surface area contributed by atoms with E-state index in [1.54, 1.807) is 30.3 Å². The maximum absolute atomic E-state index is 11.9. The monoisotopic (exact) mass is 315 g/mol. The minimum atomic E-state index is -0.711. The number of ketones is 1. The van der Waals surface area contributed by atoms with Crippen molar-refractivity contribution in [2.45, 2.75) is 12.8 Å². The average Bonchev–Trinajstić information content (AvgIpc) is 2.55. The predicted molar refractivity (Wildman–Crippen MR) is 81.2 cm³/mol. The van der Waals surface area contributed by atoms with Crippen LogP contribution in [0.1, 0.15) is 23.2 Å². The third-order valence-corrected chi connectivity index (χ3v) is 3.00. The van der Waals surface area contributed by atoms with Crippen molar-refractivity contribution in [1.82, 2.24) is 4.98 Å². The molecule has 0 atom stereocenters. The van der Waals surface area contributed by atoms with Crippen LogP contribution in [0.25, 0.3) is 0 Å². The van der Waals surface area contributed by atoms with E-state index < -0.39 is 16.6 Å². The van der Waals surface area contributed by atoms with Gasteiger partial charge in [-0.15, -0.1) is 0 Å². The van der Waals surface area contributed by atoms with Crippen molar-refractivity contribution in [2.75, 3.05) is 5.32 Å². The number of carbonyl (C=O) groups excluding carboxylic acids is 2. The maximum atomic E-state index is 11.9. The molecular weight excluding hydrogens is 302 g/mol. The summed E-state index contributed by atoms with van der Waals surface area (Å²) in [4.78, 5) is 37.1. The molecule has 0 spiro atoms. The molecule has 2 N–H and O–H groups in total. The lowest BCUT2D eigenvalue weighted by molar-refractivity contribution is -0.385. The number of amides is 1. The normalized spacial score (nSPS) is 10.1. The summed E-state index contributed by atoms with van der Waals surface area (Å²) in [6.45, 7) is 0. The Hall–Kier alpha value is -3.29. The fraction of sp³-hybridized carbons (Fsp3) is 0.133. The van der Waals surface area contributed by atoms with Crippen LogP contribution in [0, 0.1) is 10.1 Å². The van der Waals surface area contributed by atoms with Gasteiger partial charge < -0.3 is 10.4 Å². The van der Waals surface area contributed by atoms with Gasteiger partial charge in [0.15, 0.2) is 17.4 Å². The van der Waals surface area contributed by atoms with Gasteiger partial charge in [-0.3, -0.25) is 19.7 Å². The van der Waals surface area contributed by atoms with Crippen molar-refractivity contribution < 1.29 is 19.6 Å². The maximum Gasteiger partial charge on any atom is 0.291 e. The van der Waals surface area contributed by atoms with Gasteiger partial charge in [0.1, 0.15) is 6.20 Å². The topological polar surface area (TPSA) is 122 Å². The minimum Gasteiger partial charge on any atom is -0.504 e. The Labute approximate surface area is 130 Å². The zero-order valence-electron chi connectivity index (χ0n) is 11.9. The van der Waals surface area contributed by atoms with E-state index in [-0.39, 0.29) is 30.1 Å². The van der Waals surface area contributed by atoms with E-state index >= 15 is 0 Å². The fourth-order valence-electron chi connectivity index (χ4n) is 1.83.